The molecule has 4 heterocycles. The van der Waals surface area contributed by atoms with Crippen molar-refractivity contribution >= 4 is 35.3 Å². The number of nitrogens with one attached hydrogen (secondary N) is 3. The summed E-state index contributed by atoms with van der Waals surface area (Å²) < 4.78 is 15.1. The summed E-state index contributed by atoms with van der Waals surface area (Å²) in [7, 11) is 4.27. The fraction of sp³-hybridized carbons (Fsp3) is 0.511. The molecule has 59 heavy (non-hydrogen) atoms. The van der Waals surface area contributed by atoms with Gasteiger partial charge in [0.2, 0.25) is 11.8 Å². The molecule has 316 valence electrons. The summed E-state index contributed by atoms with van der Waals surface area (Å²) in [6.07, 6.45) is 6.17. The first-order valence-corrected chi connectivity index (χ1v) is 20.7. The average molecular weight is 810 g/mol. The van der Waals surface area contributed by atoms with Crippen molar-refractivity contribution in [3.05, 3.63) is 72.3 Å². The zero-order chi connectivity index (χ0) is 42.4. The molecule has 3 N–H and O–H groups in total. The predicted octanol–water partition coefficient (Wildman–Crippen LogP) is 7.00. The second-order valence-electron chi connectivity index (χ2n) is 16.4. The summed E-state index contributed by atoms with van der Waals surface area (Å²) in [5.74, 6) is 0.429. The van der Waals surface area contributed by atoms with Crippen molar-refractivity contribution in [2.75, 3.05) is 34.5 Å². The number of ether oxygens (including phenoxy) is 3. The zero-order valence-corrected chi connectivity index (χ0v) is 35.5. The smallest absolute Gasteiger partial charge is 0.407 e. The average Bonchev–Trinajstić information content (AvgIpc) is 4.08. The lowest BCUT2D eigenvalue weighted by Crippen LogP contribution is -2.53. The number of carbonyl (C=O) groups is 4. The van der Waals surface area contributed by atoms with Crippen LogP contribution in [-0.2, 0) is 23.8 Å². The Bertz CT molecular complexity index is 2030. The van der Waals surface area contributed by atoms with E-state index in [4.69, 9.17) is 24.2 Å². The van der Waals surface area contributed by atoms with Gasteiger partial charge in [-0.3, -0.25) is 14.6 Å². The van der Waals surface area contributed by atoms with Crippen LogP contribution in [0.15, 0.2) is 65.9 Å². The van der Waals surface area contributed by atoms with E-state index in [1.165, 1.54) is 14.2 Å². The second kappa shape index (κ2) is 19.0. The minimum Gasteiger partial charge on any atom is -0.453 e. The van der Waals surface area contributed by atoms with Gasteiger partial charge >= 0.3 is 12.2 Å². The molecule has 14 heteroatoms. The van der Waals surface area contributed by atoms with E-state index in [-0.39, 0.29) is 47.7 Å². The number of alkyl carbamates (subject to hydrolysis) is 2. The maximum absolute atomic E-state index is 13.9. The first-order chi connectivity index (χ1) is 28.4. The maximum Gasteiger partial charge on any atom is 0.407 e. The molecule has 0 bridgehead atoms. The SMILES string of the molecule is CC[C@H](C)C(NC(=O)OC)C(=O)N1[C@@H](C)CC[C@H]1c1ncc(-c2ccc(-c3ccc(C4=CN=C([C@@H]5C[C@H](COC)CN5C(=O)[C@@H](NC(=O)OC)C(C)C)C4)cc3)cc2)[nH]1. The molecular weight excluding hydrogens is 751 g/mol. The van der Waals surface area contributed by atoms with E-state index in [2.05, 4.69) is 64.1 Å². The molecule has 3 aliphatic rings. The second-order valence-corrected chi connectivity index (χ2v) is 16.4. The van der Waals surface area contributed by atoms with E-state index in [9.17, 15) is 19.2 Å². The maximum atomic E-state index is 13.9. The van der Waals surface area contributed by atoms with Gasteiger partial charge in [0.1, 0.15) is 17.9 Å². The van der Waals surface area contributed by atoms with Crippen LogP contribution in [0.25, 0.3) is 28.0 Å². The summed E-state index contributed by atoms with van der Waals surface area (Å²) in [5, 5.41) is 5.50. The molecule has 0 radical (unpaired) electrons. The highest BCUT2D eigenvalue weighted by Crippen LogP contribution is 2.38. The van der Waals surface area contributed by atoms with Gasteiger partial charge in [0.25, 0.3) is 0 Å². The molecule has 2 fully saturated rings. The summed E-state index contributed by atoms with van der Waals surface area (Å²) in [4.78, 5) is 68.8. The predicted molar refractivity (Wildman–Crippen MR) is 226 cm³/mol. The first-order valence-electron chi connectivity index (χ1n) is 20.7. The molecule has 7 atom stereocenters. The monoisotopic (exact) mass is 809 g/mol. The lowest BCUT2D eigenvalue weighted by molar-refractivity contribution is -0.137. The number of rotatable bonds is 14. The number of hydrogen-bond acceptors (Lipinski definition) is 9. The number of aliphatic imine (C=N–C) groups is 1. The normalized spacial score (nSPS) is 21.8. The third-order valence-electron chi connectivity index (χ3n) is 12.2. The zero-order valence-electron chi connectivity index (χ0n) is 35.5. The number of aromatic nitrogens is 2. The Morgan fingerprint density at radius 3 is 2.03 bits per heavy atom. The Labute approximate surface area is 347 Å². The van der Waals surface area contributed by atoms with Gasteiger partial charge in [-0.15, -0.1) is 0 Å². The first kappa shape index (κ1) is 43.1. The molecule has 0 aliphatic carbocycles. The Kier molecular flexibility index (Phi) is 13.9. The summed E-state index contributed by atoms with van der Waals surface area (Å²) in [5.41, 5.74) is 7.06. The van der Waals surface area contributed by atoms with E-state index < -0.39 is 24.3 Å². The van der Waals surface area contributed by atoms with Crippen LogP contribution in [0.1, 0.15) is 84.2 Å². The van der Waals surface area contributed by atoms with E-state index in [1.54, 1.807) is 7.11 Å². The fourth-order valence-corrected chi connectivity index (χ4v) is 8.57. The van der Waals surface area contributed by atoms with Crippen LogP contribution in [0.4, 0.5) is 9.59 Å². The largest absolute Gasteiger partial charge is 0.453 e. The van der Waals surface area contributed by atoms with Crippen molar-refractivity contribution in [3.63, 3.8) is 0 Å². The van der Waals surface area contributed by atoms with Crippen LogP contribution in [-0.4, -0.2) is 108 Å². The topological polar surface area (TPSA) is 168 Å². The van der Waals surface area contributed by atoms with Gasteiger partial charge in [-0.25, -0.2) is 14.6 Å². The number of nitrogens with zero attached hydrogens (tertiary/aromatic N) is 4. The number of aromatic amines is 1. The standard InChI is InChI=1S/C45H59N7O7/c1-9-27(4)40(50-45(56)59-8)43(54)52-28(5)10-19-37(52)41-47-23-36(48-41)33-17-15-31(16-18-33)30-11-13-32(14-12-30)34-21-35(46-22-34)38-20-29(25-57-6)24-51(38)42(53)39(26(2)3)49-44(55)58-7/h11-18,22-23,26-29,37-40H,9-10,19-21,24-25H2,1-8H3,(H,47,48)(H,49,55)(H,50,56)/t27-,28-,29-,37-,38-,39-,40?/m0/s1. The number of amides is 4. The molecular formula is C45H59N7O7. The third-order valence-corrected chi connectivity index (χ3v) is 12.2. The molecule has 0 spiro atoms. The Hall–Kier alpha value is -5.50. The molecule has 3 aromatic rings. The third kappa shape index (κ3) is 9.53. The molecule has 14 nitrogen and oxygen atoms in total. The van der Waals surface area contributed by atoms with E-state index in [0.29, 0.717) is 19.6 Å². The van der Waals surface area contributed by atoms with Gasteiger partial charge < -0.3 is 39.6 Å². The molecule has 1 unspecified atom stereocenters. The van der Waals surface area contributed by atoms with E-state index >= 15 is 0 Å². The number of carbonyl (C=O) groups excluding carboxylic acids is 4. The highest BCUT2D eigenvalue weighted by Gasteiger charge is 2.43. The lowest BCUT2D eigenvalue weighted by Gasteiger charge is -2.33. The highest BCUT2D eigenvalue weighted by molar-refractivity contribution is 6.04. The van der Waals surface area contributed by atoms with E-state index in [0.717, 1.165) is 70.7 Å². The van der Waals surface area contributed by atoms with Crippen molar-refractivity contribution in [2.45, 2.75) is 96.9 Å². The number of hydrogen-bond donors (Lipinski definition) is 3. The number of likely N-dealkylation sites (tertiary alicyclic amines) is 2. The van der Waals surface area contributed by atoms with Crippen molar-refractivity contribution in [2.24, 2.45) is 22.7 Å². The van der Waals surface area contributed by atoms with Gasteiger partial charge in [0, 0.05) is 43.9 Å². The van der Waals surface area contributed by atoms with Crippen molar-refractivity contribution in [1.29, 1.82) is 0 Å². The van der Waals surface area contributed by atoms with Crippen LogP contribution < -0.4 is 10.6 Å². The summed E-state index contributed by atoms with van der Waals surface area (Å²) in [6, 6.07) is 14.9. The fourth-order valence-electron chi connectivity index (χ4n) is 8.57. The molecule has 1 aromatic heterocycles. The van der Waals surface area contributed by atoms with Gasteiger partial charge in [0.15, 0.2) is 0 Å². The number of methoxy groups -OCH3 is 3. The van der Waals surface area contributed by atoms with Gasteiger partial charge in [-0.1, -0.05) is 82.6 Å². The molecule has 2 saturated heterocycles. The van der Waals surface area contributed by atoms with Crippen LogP contribution in [0.2, 0.25) is 0 Å². The molecule has 6 rings (SSSR count). The van der Waals surface area contributed by atoms with Crippen molar-refractivity contribution < 1.29 is 33.4 Å². The van der Waals surface area contributed by atoms with Crippen molar-refractivity contribution in [3.8, 4) is 22.4 Å². The summed E-state index contributed by atoms with van der Waals surface area (Å²) in [6.45, 7) is 10.9. The van der Waals surface area contributed by atoms with Crippen LogP contribution in [0.5, 0.6) is 0 Å². The van der Waals surface area contributed by atoms with Crippen LogP contribution in [0, 0.1) is 17.8 Å². The van der Waals surface area contributed by atoms with Crippen LogP contribution in [0.3, 0.4) is 0 Å². The quantitative estimate of drug-likeness (QED) is 0.157. The minimum absolute atomic E-state index is 0.000265. The molecule has 3 aliphatic heterocycles. The van der Waals surface area contributed by atoms with Gasteiger partial charge in [-0.05, 0) is 65.8 Å². The molecule has 4 amide bonds. The van der Waals surface area contributed by atoms with Crippen molar-refractivity contribution in [1.82, 2.24) is 30.4 Å². The van der Waals surface area contributed by atoms with Crippen LogP contribution >= 0.6 is 0 Å². The number of imidazole rings is 1. The highest BCUT2D eigenvalue weighted by atomic mass is 16.5. The Balaban J connectivity index is 1.10. The van der Waals surface area contributed by atoms with Gasteiger partial charge in [0.05, 0.1) is 44.8 Å². The minimum atomic E-state index is -0.713. The van der Waals surface area contributed by atoms with E-state index in [1.807, 2.05) is 56.8 Å². The number of allylic oxidation sites excluding steroid dienone is 1. The summed E-state index contributed by atoms with van der Waals surface area (Å²) >= 11 is 0. The Morgan fingerprint density at radius 2 is 1.44 bits per heavy atom. The molecule has 2 aromatic carbocycles. The lowest BCUT2D eigenvalue weighted by atomic mass is 9.95. The number of benzene rings is 2. The molecule has 0 saturated carbocycles. The number of H-pyrrole nitrogens is 1. The Morgan fingerprint density at radius 1 is 0.831 bits per heavy atom. The van der Waals surface area contributed by atoms with Gasteiger partial charge in [-0.2, -0.15) is 0 Å².